The van der Waals surface area contributed by atoms with Crippen LogP contribution in [0.1, 0.15) is 69.4 Å². The van der Waals surface area contributed by atoms with Gasteiger partial charge in [-0.3, -0.25) is 0 Å². The standard InChI is InChI=1S/C25H35Cl2NO2/c1-3-18-5-9-23-22-7-4-17-16-19(30-24(29)28(14-12-26)15-13-27)6-8-20(17)21(22)10-11-25(18,23)2/h6,8,16,18,21-23H,3-5,7,9-15H2,1-2H3/t18-,21+,22+,23-,25+/m0/s1. The first kappa shape index (κ1) is 22.3. The molecule has 5 atom stereocenters. The third-order valence-corrected chi connectivity index (χ3v) is 8.90. The van der Waals surface area contributed by atoms with E-state index in [-0.39, 0.29) is 6.09 Å². The molecule has 1 aromatic carbocycles. The summed E-state index contributed by atoms with van der Waals surface area (Å²) in [6.45, 7) is 5.85. The minimum absolute atomic E-state index is 0.366. The number of nitrogens with zero attached hydrogens (tertiary/aromatic N) is 1. The van der Waals surface area contributed by atoms with Crippen LogP contribution in [-0.2, 0) is 6.42 Å². The predicted molar refractivity (Wildman–Crippen MR) is 124 cm³/mol. The van der Waals surface area contributed by atoms with E-state index in [2.05, 4.69) is 26.0 Å². The van der Waals surface area contributed by atoms with Crippen molar-refractivity contribution in [2.24, 2.45) is 23.2 Å². The highest BCUT2D eigenvalue weighted by molar-refractivity contribution is 6.18. The lowest BCUT2D eigenvalue weighted by Gasteiger charge is -2.51. The van der Waals surface area contributed by atoms with Crippen molar-refractivity contribution in [1.82, 2.24) is 4.90 Å². The van der Waals surface area contributed by atoms with Gasteiger partial charge in [0.15, 0.2) is 0 Å². The molecule has 3 aliphatic rings. The Labute approximate surface area is 191 Å². The number of amides is 1. The molecule has 2 saturated carbocycles. The van der Waals surface area contributed by atoms with Crippen molar-refractivity contribution in [2.75, 3.05) is 24.8 Å². The van der Waals surface area contributed by atoms with Crippen LogP contribution in [0.2, 0.25) is 0 Å². The van der Waals surface area contributed by atoms with E-state index >= 15 is 0 Å². The quantitative estimate of drug-likeness (QED) is 0.442. The molecule has 0 aromatic heterocycles. The molecule has 4 rings (SSSR count). The third-order valence-electron chi connectivity index (χ3n) is 8.56. The van der Waals surface area contributed by atoms with Crippen LogP contribution in [0.3, 0.4) is 0 Å². The summed E-state index contributed by atoms with van der Waals surface area (Å²) in [5.74, 6) is 4.68. The number of ether oxygens (including phenoxy) is 1. The highest BCUT2D eigenvalue weighted by Crippen LogP contribution is 2.63. The molecule has 30 heavy (non-hydrogen) atoms. The number of hydrogen-bond donors (Lipinski definition) is 0. The average Bonchev–Trinajstić information content (AvgIpc) is 3.09. The number of carbonyl (C=O) groups excluding carboxylic acids is 1. The molecule has 166 valence electrons. The maximum absolute atomic E-state index is 12.5. The molecule has 1 amide bonds. The van der Waals surface area contributed by atoms with E-state index < -0.39 is 0 Å². The Bertz CT molecular complexity index is 764. The topological polar surface area (TPSA) is 29.5 Å². The molecule has 0 unspecified atom stereocenters. The van der Waals surface area contributed by atoms with Crippen LogP contribution in [0.25, 0.3) is 0 Å². The lowest BCUT2D eigenvalue weighted by atomic mass is 9.54. The van der Waals surface area contributed by atoms with Gasteiger partial charge in [0.25, 0.3) is 0 Å². The van der Waals surface area contributed by atoms with Gasteiger partial charge in [0, 0.05) is 24.8 Å². The molecule has 0 spiro atoms. The van der Waals surface area contributed by atoms with E-state index in [0.717, 1.165) is 24.2 Å². The molecule has 0 heterocycles. The monoisotopic (exact) mass is 451 g/mol. The van der Waals surface area contributed by atoms with Crippen LogP contribution in [0, 0.1) is 23.2 Å². The third kappa shape index (κ3) is 3.97. The number of halogens is 2. The number of fused-ring (bicyclic) bond motifs is 5. The zero-order valence-electron chi connectivity index (χ0n) is 18.3. The Kier molecular flexibility index (Phi) is 6.89. The zero-order chi connectivity index (χ0) is 21.3. The van der Waals surface area contributed by atoms with Crippen LogP contribution < -0.4 is 4.74 Å². The lowest BCUT2D eigenvalue weighted by molar-refractivity contribution is 0.0273. The highest BCUT2D eigenvalue weighted by Gasteiger charge is 2.53. The Balaban J connectivity index is 1.49. The Hall–Kier alpha value is -0.930. The first-order valence-corrected chi connectivity index (χ1v) is 12.8. The Morgan fingerprint density at radius 1 is 1.17 bits per heavy atom. The second kappa shape index (κ2) is 9.28. The van der Waals surface area contributed by atoms with Crippen LogP contribution in [0.4, 0.5) is 4.79 Å². The summed E-state index contributed by atoms with van der Waals surface area (Å²) in [6.07, 6.45) is 8.84. The van der Waals surface area contributed by atoms with Crippen LogP contribution in [0.5, 0.6) is 5.75 Å². The Morgan fingerprint density at radius 2 is 1.93 bits per heavy atom. The van der Waals surface area contributed by atoms with Crippen molar-refractivity contribution in [3.8, 4) is 5.75 Å². The fraction of sp³-hybridized carbons (Fsp3) is 0.720. The number of hydrogen-bond acceptors (Lipinski definition) is 2. The van der Waals surface area contributed by atoms with Gasteiger partial charge in [0.2, 0.25) is 0 Å². The van der Waals surface area contributed by atoms with E-state index in [1.165, 1.54) is 49.7 Å². The second-order valence-electron chi connectivity index (χ2n) is 9.74. The summed E-state index contributed by atoms with van der Waals surface area (Å²) in [6, 6.07) is 6.31. The van der Waals surface area contributed by atoms with E-state index in [1.54, 1.807) is 4.90 Å². The summed E-state index contributed by atoms with van der Waals surface area (Å²) in [5.41, 5.74) is 3.43. The number of aryl methyl sites for hydroxylation is 1. The number of alkyl halides is 2. The van der Waals surface area contributed by atoms with Gasteiger partial charge < -0.3 is 9.64 Å². The minimum atomic E-state index is -0.366. The molecule has 5 heteroatoms. The lowest BCUT2D eigenvalue weighted by Crippen LogP contribution is -2.42. The molecule has 2 fully saturated rings. The SMILES string of the molecule is CC[C@H]1CC[C@H]2[C@@H]3CCc4cc(OC(=O)N(CCCl)CCCl)ccc4[C@H]3CC[C@]12C. The van der Waals surface area contributed by atoms with E-state index in [0.29, 0.717) is 41.9 Å². The molecule has 0 N–H and O–H groups in total. The van der Waals surface area contributed by atoms with Crippen molar-refractivity contribution in [2.45, 2.75) is 64.7 Å². The number of benzene rings is 1. The molecule has 0 radical (unpaired) electrons. The first-order chi connectivity index (χ1) is 14.5. The minimum Gasteiger partial charge on any atom is -0.410 e. The summed E-state index contributed by atoms with van der Waals surface area (Å²) in [7, 11) is 0. The predicted octanol–water partition coefficient (Wildman–Crippen LogP) is 6.85. The maximum atomic E-state index is 12.5. The van der Waals surface area contributed by atoms with E-state index in [9.17, 15) is 4.79 Å². The van der Waals surface area contributed by atoms with Gasteiger partial charge in [-0.2, -0.15) is 0 Å². The Morgan fingerprint density at radius 3 is 2.63 bits per heavy atom. The first-order valence-electron chi connectivity index (χ1n) is 11.7. The second-order valence-corrected chi connectivity index (χ2v) is 10.5. The molecule has 3 nitrogen and oxygen atoms in total. The van der Waals surface area contributed by atoms with Crippen LogP contribution >= 0.6 is 23.2 Å². The van der Waals surface area contributed by atoms with Gasteiger partial charge in [-0.1, -0.05) is 26.3 Å². The van der Waals surface area contributed by atoms with Crippen LogP contribution in [0.15, 0.2) is 18.2 Å². The van der Waals surface area contributed by atoms with E-state index in [1.807, 2.05) is 6.07 Å². The fourth-order valence-corrected chi connectivity index (χ4v) is 7.47. The number of carbonyl (C=O) groups is 1. The normalized spacial score (nSPS) is 32.1. The molecular weight excluding hydrogens is 417 g/mol. The fourth-order valence-electron chi connectivity index (χ4n) is 7.07. The van der Waals surface area contributed by atoms with Gasteiger partial charge in [-0.15, -0.1) is 23.2 Å². The van der Waals surface area contributed by atoms with Gasteiger partial charge >= 0.3 is 6.09 Å². The average molecular weight is 452 g/mol. The van der Waals surface area contributed by atoms with Crippen molar-refractivity contribution < 1.29 is 9.53 Å². The summed E-state index contributed by atoms with van der Waals surface area (Å²) >= 11 is 11.6. The smallest absolute Gasteiger partial charge is 0.410 e. The highest BCUT2D eigenvalue weighted by atomic mass is 35.5. The summed E-state index contributed by atoms with van der Waals surface area (Å²) in [5, 5.41) is 0. The van der Waals surface area contributed by atoms with Gasteiger partial charge in [-0.25, -0.2) is 4.79 Å². The molecule has 1 aromatic rings. The molecule has 0 saturated heterocycles. The van der Waals surface area contributed by atoms with Crippen molar-refractivity contribution >= 4 is 29.3 Å². The van der Waals surface area contributed by atoms with Crippen molar-refractivity contribution in [3.05, 3.63) is 29.3 Å². The molecule has 3 aliphatic carbocycles. The molecular formula is C25H35Cl2NO2. The summed E-state index contributed by atoms with van der Waals surface area (Å²) < 4.78 is 5.67. The van der Waals surface area contributed by atoms with Crippen molar-refractivity contribution in [3.63, 3.8) is 0 Å². The molecule has 0 bridgehead atoms. The van der Waals surface area contributed by atoms with Crippen LogP contribution in [-0.4, -0.2) is 35.8 Å². The van der Waals surface area contributed by atoms with Gasteiger partial charge in [0.05, 0.1) is 0 Å². The van der Waals surface area contributed by atoms with Gasteiger partial charge in [-0.05, 0) is 90.9 Å². The van der Waals surface area contributed by atoms with E-state index in [4.69, 9.17) is 27.9 Å². The maximum Gasteiger partial charge on any atom is 0.415 e. The molecule has 0 aliphatic heterocycles. The van der Waals surface area contributed by atoms with Gasteiger partial charge in [0.1, 0.15) is 5.75 Å². The number of rotatable bonds is 6. The summed E-state index contributed by atoms with van der Waals surface area (Å²) in [4.78, 5) is 14.1. The largest absolute Gasteiger partial charge is 0.415 e. The zero-order valence-corrected chi connectivity index (χ0v) is 19.9. The van der Waals surface area contributed by atoms with Crippen molar-refractivity contribution in [1.29, 1.82) is 0 Å².